The zero-order valence-corrected chi connectivity index (χ0v) is 17.2. The molecule has 0 fully saturated rings. The standard InChI is InChI=1S/C18H22N8O3/c1-7-28-11-8-10(24-29-11)15-21-22-17-14(27-6)12(18(2,3)4)13(23-26(15)17)16-19-9-20-25(16)5/h8-9H,7H2,1-6H3. The van der Waals surface area contributed by atoms with E-state index >= 15 is 0 Å². The van der Waals surface area contributed by atoms with Gasteiger partial charge in [-0.3, -0.25) is 0 Å². The van der Waals surface area contributed by atoms with Crippen molar-refractivity contribution in [2.45, 2.75) is 33.1 Å². The van der Waals surface area contributed by atoms with E-state index in [4.69, 9.17) is 19.1 Å². The summed E-state index contributed by atoms with van der Waals surface area (Å²) in [6.07, 6.45) is 1.49. The molecule has 4 rings (SSSR count). The minimum atomic E-state index is -0.302. The van der Waals surface area contributed by atoms with Crippen LogP contribution in [0.3, 0.4) is 0 Å². The second-order valence-electron chi connectivity index (χ2n) is 7.44. The lowest BCUT2D eigenvalue weighted by Crippen LogP contribution is -2.19. The Balaban J connectivity index is 2.03. The Labute approximate surface area is 166 Å². The third kappa shape index (κ3) is 3.08. The zero-order valence-electron chi connectivity index (χ0n) is 17.2. The van der Waals surface area contributed by atoms with Gasteiger partial charge in [0.15, 0.2) is 17.3 Å². The van der Waals surface area contributed by atoms with Crippen LogP contribution in [-0.4, -0.2) is 53.4 Å². The van der Waals surface area contributed by atoms with E-state index in [1.54, 1.807) is 22.4 Å². The Kier molecular flexibility index (Phi) is 4.44. The number of methoxy groups -OCH3 is 1. The number of aromatic nitrogens is 8. The van der Waals surface area contributed by atoms with E-state index in [0.29, 0.717) is 47.0 Å². The fraction of sp³-hybridized carbons (Fsp3) is 0.444. The van der Waals surface area contributed by atoms with Gasteiger partial charge >= 0.3 is 5.95 Å². The summed E-state index contributed by atoms with van der Waals surface area (Å²) in [7, 11) is 3.41. The van der Waals surface area contributed by atoms with Crippen LogP contribution in [0.4, 0.5) is 0 Å². The van der Waals surface area contributed by atoms with Crippen LogP contribution >= 0.6 is 0 Å². The average Bonchev–Trinajstić information content (AvgIpc) is 3.38. The van der Waals surface area contributed by atoms with Crippen molar-refractivity contribution < 1.29 is 14.0 Å². The molecule has 4 aromatic rings. The first kappa shape index (κ1) is 18.8. The predicted molar refractivity (Wildman–Crippen MR) is 103 cm³/mol. The first-order chi connectivity index (χ1) is 13.8. The predicted octanol–water partition coefficient (Wildman–Crippen LogP) is 2.28. The molecule has 4 heterocycles. The molecule has 0 unspecified atom stereocenters. The highest BCUT2D eigenvalue weighted by atomic mass is 16.6. The number of nitrogens with zero attached hydrogens (tertiary/aromatic N) is 8. The van der Waals surface area contributed by atoms with Gasteiger partial charge in [-0.1, -0.05) is 25.9 Å². The summed E-state index contributed by atoms with van der Waals surface area (Å²) in [6, 6.07) is 1.65. The number of hydrogen-bond acceptors (Lipinski definition) is 9. The van der Waals surface area contributed by atoms with E-state index in [1.807, 2.05) is 14.0 Å². The molecule has 29 heavy (non-hydrogen) atoms. The zero-order chi connectivity index (χ0) is 20.8. The van der Waals surface area contributed by atoms with Crippen molar-refractivity contribution in [3.63, 3.8) is 0 Å². The van der Waals surface area contributed by atoms with Crippen LogP contribution in [0, 0.1) is 0 Å². The molecule has 0 aromatic carbocycles. The Hall–Kier alpha value is -3.50. The van der Waals surface area contributed by atoms with Gasteiger partial charge in [-0.15, -0.1) is 10.2 Å². The normalized spacial score (nSPS) is 11.9. The van der Waals surface area contributed by atoms with Crippen molar-refractivity contribution in [2.75, 3.05) is 13.7 Å². The summed E-state index contributed by atoms with van der Waals surface area (Å²) in [5.41, 5.74) is 2.10. The summed E-state index contributed by atoms with van der Waals surface area (Å²) in [4.78, 5) is 4.38. The quantitative estimate of drug-likeness (QED) is 0.499. The number of rotatable bonds is 5. The Morgan fingerprint density at radius 3 is 2.59 bits per heavy atom. The van der Waals surface area contributed by atoms with Crippen molar-refractivity contribution in [1.29, 1.82) is 0 Å². The van der Waals surface area contributed by atoms with E-state index < -0.39 is 0 Å². The minimum absolute atomic E-state index is 0.297. The number of ether oxygens (including phenoxy) is 2. The minimum Gasteiger partial charge on any atom is -0.492 e. The largest absolute Gasteiger partial charge is 0.492 e. The smallest absolute Gasteiger partial charge is 0.311 e. The molecule has 0 saturated carbocycles. The molecule has 0 aliphatic carbocycles. The molecule has 0 radical (unpaired) electrons. The molecular weight excluding hydrogens is 376 g/mol. The number of fused-ring (bicyclic) bond motifs is 1. The van der Waals surface area contributed by atoms with Gasteiger partial charge in [0, 0.05) is 12.6 Å². The van der Waals surface area contributed by atoms with Crippen LogP contribution in [0.5, 0.6) is 11.7 Å². The third-order valence-corrected chi connectivity index (χ3v) is 4.39. The maximum atomic E-state index is 5.77. The van der Waals surface area contributed by atoms with Gasteiger partial charge in [-0.05, 0) is 12.3 Å². The third-order valence-electron chi connectivity index (χ3n) is 4.39. The Morgan fingerprint density at radius 2 is 1.97 bits per heavy atom. The fourth-order valence-corrected chi connectivity index (χ4v) is 3.18. The maximum absolute atomic E-state index is 5.77. The molecule has 0 aliphatic heterocycles. The van der Waals surface area contributed by atoms with Crippen LogP contribution in [0.2, 0.25) is 0 Å². The summed E-state index contributed by atoms with van der Waals surface area (Å²) in [5.74, 6) is 1.87. The molecular formula is C18H22N8O3. The topological polar surface area (TPSA) is 118 Å². The summed E-state index contributed by atoms with van der Waals surface area (Å²) < 4.78 is 19.6. The van der Waals surface area contributed by atoms with Crippen LogP contribution in [0.15, 0.2) is 16.9 Å². The van der Waals surface area contributed by atoms with E-state index in [0.717, 1.165) is 5.56 Å². The molecule has 0 saturated heterocycles. The van der Waals surface area contributed by atoms with Gasteiger partial charge in [0.2, 0.25) is 11.5 Å². The molecule has 0 atom stereocenters. The van der Waals surface area contributed by atoms with Crippen molar-refractivity contribution in [2.24, 2.45) is 7.05 Å². The molecule has 0 bridgehead atoms. The molecule has 0 amide bonds. The van der Waals surface area contributed by atoms with Gasteiger partial charge in [0.1, 0.15) is 12.0 Å². The number of aryl methyl sites for hydroxylation is 1. The van der Waals surface area contributed by atoms with Gasteiger partial charge in [-0.2, -0.15) is 14.7 Å². The molecule has 152 valence electrons. The van der Waals surface area contributed by atoms with Gasteiger partial charge in [0.05, 0.1) is 19.8 Å². The fourth-order valence-electron chi connectivity index (χ4n) is 3.18. The second kappa shape index (κ2) is 6.83. The second-order valence-corrected chi connectivity index (χ2v) is 7.44. The summed E-state index contributed by atoms with van der Waals surface area (Å²) in [5, 5.41) is 21.6. The maximum Gasteiger partial charge on any atom is 0.311 e. The van der Waals surface area contributed by atoms with Crippen molar-refractivity contribution in [1.82, 2.24) is 39.7 Å². The van der Waals surface area contributed by atoms with E-state index in [9.17, 15) is 0 Å². The van der Waals surface area contributed by atoms with Crippen LogP contribution in [0.25, 0.3) is 28.7 Å². The molecule has 0 aliphatic rings. The van der Waals surface area contributed by atoms with E-state index in [1.165, 1.54) is 6.33 Å². The van der Waals surface area contributed by atoms with Crippen molar-refractivity contribution in [3.05, 3.63) is 18.0 Å². The molecule has 0 spiro atoms. The Bertz CT molecular complexity index is 1170. The van der Waals surface area contributed by atoms with Gasteiger partial charge in [-0.25, -0.2) is 9.67 Å². The highest BCUT2D eigenvalue weighted by Crippen LogP contribution is 2.40. The molecule has 0 N–H and O–H groups in total. The highest BCUT2D eigenvalue weighted by molar-refractivity contribution is 5.71. The van der Waals surface area contributed by atoms with E-state index in [2.05, 4.69) is 46.2 Å². The molecule has 4 aromatic heterocycles. The lowest BCUT2D eigenvalue weighted by Gasteiger charge is -2.24. The SMILES string of the molecule is CCOc1cc(-c2nnc3c(OC)c(C(C)(C)C)c(-c4ncnn4C)nn23)no1. The number of hydrogen-bond donors (Lipinski definition) is 0. The van der Waals surface area contributed by atoms with Crippen LogP contribution < -0.4 is 9.47 Å². The first-order valence-corrected chi connectivity index (χ1v) is 9.13. The van der Waals surface area contributed by atoms with Gasteiger partial charge in [0.25, 0.3) is 0 Å². The summed E-state index contributed by atoms with van der Waals surface area (Å²) >= 11 is 0. The van der Waals surface area contributed by atoms with Crippen LogP contribution in [0.1, 0.15) is 33.3 Å². The molecule has 11 nitrogen and oxygen atoms in total. The van der Waals surface area contributed by atoms with Crippen molar-refractivity contribution >= 4 is 5.65 Å². The highest BCUT2D eigenvalue weighted by Gasteiger charge is 2.31. The monoisotopic (exact) mass is 398 g/mol. The lowest BCUT2D eigenvalue weighted by atomic mass is 9.85. The van der Waals surface area contributed by atoms with Crippen LogP contribution in [-0.2, 0) is 12.5 Å². The van der Waals surface area contributed by atoms with Gasteiger partial charge < -0.3 is 14.0 Å². The Morgan fingerprint density at radius 1 is 1.17 bits per heavy atom. The summed E-state index contributed by atoms with van der Waals surface area (Å²) in [6.45, 7) is 8.55. The first-order valence-electron chi connectivity index (χ1n) is 9.13. The van der Waals surface area contributed by atoms with E-state index in [-0.39, 0.29) is 5.41 Å². The lowest BCUT2D eigenvalue weighted by molar-refractivity contribution is 0.226. The molecule has 11 heteroatoms. The average molecular weight is 398 g/mol. The van der Waals surface area contributed by atoms with Crippen molar-refractivity contribution in [3.8, 4) is 34.7 Å².